The van der Waals surface area contributed by atoms with Crippen LogP contribution in [0.15, 0.2) is 55.1 Å². The van der Waals surface area contributed by atoms with Gasteiger partial charge in [-0.15, -0.1) is 6.58 Å². The zero-order valence-corrected chi connectivity index (χ0v) is 18.7. The Morgan fingerprint density at radius 3 is 2.67 bits per heavy atom. The minimum Gasteiger partial charge on any atom is -0.497 e. The molecule has 5 heteroatoms. The van der Waals surface area contributed by atoms with E-state index < -0.39 is 0 Å². The highest BCUT2D eigenvalue weighted by Crippen LogP contribution is 2.58. The van der Waals surface area contributed by atoms with Crippen molar-refractivity contribution in [1.29, 1.82) is 0 Å². The number of rotatable bonds is 5. The smallest absolute Gasteiger partial charge is 0.153 e. The molecule has 1 N–H and O–H groups in total. The number of allylic oxidation sites excluding steroid dienone is 1. The van der Waals surface area contributed by atoms with Crippen molar-refractivity contribution >= 4 is 29.0 Å². The summed E-state index contributed by atoms with van der Waals surface area (Å²) in [5, 5.41) is 4.79. The Bertz CT molecular complexity index is 943. The monoisotopic (exact) mass is 443 g/mol. The Kier molecular flexibility index (Phi) is 6.24. The first kappa shape index (κ1) is 21.4. The van der Waals surface area contributed by atoms with Crippen molar-refractivity contribution in [2.24, 2.45) is 11.3 Å². The third-order valence-corrected chi connectivity index (χ3v) is 7.63. The third kappa shape index (κ3) is 3.68. The number of hydrogen-bond acceptors (Lipinski definition) is 3. The molecule has 4 rings (SSSR count). The van der Waals surface area contributed by atoms with Crippen LogP contribution in [0.1, 0.15) is 42.2 Å². The Labute approximate surface area is 188 Å². The van der Waals surface area contributed by atoms with Crippen molar-refractivity contribution in [3.8, 4) is 5.75 Å². The molecule has 0 spiro atoms. The van der Waals surface area contributed by atoms with Crippen molar-refractivity contribution < 1.29 is 9.53 Å². The van der Waals surface area contributed by atoms with E-state index in [0.717, 1.165) is 30.7 Å². The van der Waals surface area contributed by atoms with Gasteiger partial charge in [0, 0.05) is 15.5 Å². The Hall–Kier alpha value is -1.81. The molecule has 2 aromatic rings. The average molecular weight is 444 g/mol. The van der Waals surface area contributed by atoms with E-state index in [0.29, 0.717) is 28.8 Å². The topological polar surface area (TPSA) is 38.3 Å². The second-order valence-electron chi connectivity index (χ2n) is 8.42. The quantitative estimate of drug-likeness (QED) is 0.574. The molecule has 158 valence electrons. The van der Waals surface area contributed by atoms with Crippen molar-refractivity contribution in [2.45, 2.75) is 31.1 Å². The van der Waals surface area contributed by atoms with Crippen LogP contribution in [0, 0.1) is 11.3 Å². The predicted octanol–water partition coefficient (Wildman–Crippen LogP) is 6.01. The van der Waals surface area contributed by atoms with Gasteiger partial charge in [-0.1, -0.05) is 47.5 Å². The molecule has 1 aliphatic carbocycles. The van der Waals surface area contributed by atoms with E-state index in [2.05, 4.69) is 30.1 Å². The molecule has 1 saturated heterocycles. The van der Waals surface area contributed by atoms with Crippen molar-refractivity contribution in [3.05, 3.63) is 76.3 Å². The zero-order valence-electron chi connectivity index (χ0n) is 17.2. The van der Waals surface area contributed by atoms with Gasteiger partial charge in [0.15, 0.2) is 5.78 Å². The number of halogens is 2. The van der Waals surface area contributed by atoms with E-state index in [9.17, 15) is 4.79 Å². The summed E-state index contributed by atoms with van der Waals surface area (Å²) in [4.78, 5) is 13.2. The number of methoxy groups -OCH3 is 1. The molecule has 4 atom stereocenters. The van der Waals surface area contributed by atoms with Gasteiger partial charge < -0.3 is 10.1 Å². The number of ether oxygens (including phenoxy) is 1. The first-order chi connectivity index (χ1) is 14.5. The van der Waals surface area contributed by atoms with Gasteiger partial charge in [0.1, 0.15) is 5.75 Å². The van der Waals surface area contributed by atoms with Crippen LogP contribution in [0.3, 0.4) is 0 Å². The SMILES string of the molecule is C=CCC12CCC(c3ccc(OC)cc3Cl)C(c3ccc(Cl)cc3)C1CNCC2=O. The molecule has 0 bridgehead atoms. The molecule has 2 fully saturated rings. The van der Waals surface area contributed by atoms with Gasteiger partial charge in [-0.3, -0.25) is 4.79 Å². The Morgan fingerprint density at radius 1 is 1.23 bits per heavy atom. The van der Waals surface area contributed by atoms with Crippen LogP contribution in [0.4, 0.5) is 0 Å². The van der Waals surface area contributed by atoms with Gasteiger partial charge >= 0.3 is 0 Å². The molecular weight excluding hydrogens is 417 g/mol. The van der Waals surface area contributed by atoms with Crippen LogP contribution >= 0.6 is 23.2 Å². The van der Waals surface area contributed by atoms with Gasteiger partial charge in [-0.25, -0.2) is 0 Å². The fourth-order valence-corrected chi connectivity index (χ4v) is 6.08. The molecular formula is C25H27Cl2NO2. The molecule has 3 nitrogen and oxygen atoms in total. The van der Waals surface area contributed by atoms with Gasteiger partial charge in [-0.2, -0.15) is 0 Å². The van der Waals surface area contributed by atoms with E-state index in [1.54, 1.807) is 7.11 Å². The number of nitrogens with one attached hydrogen (secondary N) is 1. The maximum atomic E-state index is 13.2. The fraction of sp³-hybridized carbons (Fsp3) is 0.400. The zero-order chi connectivity index (χ0) is 21.3. The van der Waals surface area contributed by atoms with Gasteiger partial charge in [0.05, 0.1) is 13.7 Å². The third-order valence-electron chi connectivity index (χ3n) is 7.05. The summed E-state index contributed by atoms with van der Waals surface area (Å²) in [6.07, 6.45) is 4.37. The summed E-state index contributed by atoms with van der Waals surface area (Å²) < 4.78 is 5.35. The molecule has 1 aliphatic heterocycles. The molecule has 30 heavy (non-hydrogen) atoms. The largest absolute Gasteiger partial charge is 0.497 e. The van der Waals surface area contributed by atoms with Crippen LogP contribution in [0.25, 0.3) is 0 Å². The van der Waals surface area contributed by atoms with E-state index in [4.69, 9.17) is 27.9 Å². The van der Waals surface area contributed by atoms with Crippen LogP contribution in [0.5, 0.6) is 5.75 Å². The minimum absolute atomic E-state index is 0.151. The molecule has 2 aromatic carbocycles. The lowest BCUT2D eigenvalue weighted by atomic mass is 9.52. The van der Waals surface area contributed by atoms with Gasteiger partial charge in [0.25, 0.3) is 0 Å². The summed E-state index contributed by atoms with van der Waals surface area (Å²) in [5.41, 5.74) is 1.95. The minimum atomic E-state index is -0.368. The van der Waals surface area contributed by atoms with E-state index in [1.807, 2.05) is 30.3 Å². The number of hydrogen-bond donors (Lipinski definition) is 1. The van der Waals surface area contributed by atoms with Crippen LogP contribution in [-0.4, -0.2) is 26.0 Å². The second kappa shape index (κ2) is 8.74. The standard InChI is InChI=1S/C25H27Cl2NO2/c1-3-11-25-12-10-20(19-9-8-18(30-2)13-22(19)27)24(16-4-6-17(26)7-5-16)21(25)14-28-15-23(25)29/h3-9,13,20-21,24,28H,1,10-12,14-15H2,2H3. The normalized spacial score (nSPS) is 28.6. The second-order valence-corrected chi connectivity index (χ2v) is 9.26. The Balaban J connectivity index is 1.84. The lowest BCUT2D eigenvalue weighted by Gasteiger charge is -2.53. The fourth-order valence-electron chi connectivity index (χ4n) is 5.65. The lowest BCUT2D eigenvalue weighted by Crippen LogP contribution is -2.57. The van der Waals surface area contributed by atoms with E-state index >= 15 is 0 Å². The number of carbonyl (C=O) groups excluding carboxylic acids is 1. The highest BCUT2D eigenvalue weighted by atomic mass is 35.5. The first-order valence-corrected chi connectivity index (χ1v) is 11.2. The van der Waals surface area contributed by atoms with Crippen LogP contribution in [-0.2, 0) is 4.79 Å². The average Bonchev–Trinajstić information content (AvgIpc) is 2.75. The maximum Gasteiger partial charge on any atom is 0.153 e. The summed E-state index contributed by atoms with van der Waals surface area (Å²) in [6.45, 7) is 5.21. The number of carbonyl (C=O) groups is 1. The summed E-state index contributed by atoms with van der Waals surface area (Å²) in [5.74, 6) is 1.57. The van der Waals surface area contributed by atoms with Crippen LogP contribution in [0.2, 0.25) is 10.0 Å². The molecule has 0 amide bonds. The number of ketones is 1. The lowest BCUT2D eigenvalue weighted by molar-refractivity contribution is -0.137. The van der Waals surface area contributed by atoms with E-state index in [-0.39, 0.29) is 23.2 Å². The van der Waals surface area contributed by atoms with Gasteiger partial charge in [-0.05, 0) is 79.0 Å². The maximum absolute atomic E-state index is 13.2. The molecule has 1 saturated carbocycles. The number of fused-ring (bicyclic) bond motifs is 1. The summed E-state index contributed by atoms with van der Waals surface area (Å²) >= 11 is 12.9. The summed E-state index contributed by atoms with van der Waals surface area (Å²) in [6, 6.07) is 14.0. The molecule has 4 unspecified atom stereocenters. The molecule has 1 heterocycles. The van der Waals surface area contributed by atoms with Gasteiger partial charge in [0.2, 0.25) is 0 Å². The number of Topliss-reactive ketones (excluding diaryl/α,β-unsaturated/α-hetero) is 1. The highest BCUT2D eigenvalue weighted by molar-refractivity contribution is 6.31. The number of benzene rings is 2. The van der Waals surface area contributed by atoms with Crippen molar-refractivity contribution in [3.63, 3.8) is 0 Å². The van der Waals surface area contributed by atoms with Crippen molar-refractivity contribution in [2.75, 3.05) is 20.2 Å². The van der Waals surface area contributed by atoms with E-state index in [1.165, 1.54) is 5.56 Å². The predicted molar refractivity (Wildman–Crippen MR) is 123 cm³/mol. The highest BCUT2D eigenvalue weighted by Gasteiger charge is 2.54. The first-order valence-electron chi connectivity index (χ1n) is 10.4. The molecule has 2 aliphatic rings. The molecule has 0 radical (unpaired) electrons. The van der Waals surface area contributed by atoms with Crippen LogP contribution < -0.4 is 10.1 Å². The Morgan fingerprint density at radius 2 is 2.00 bits per heavy atom. The summed E-state index contributed by atoms with van der Waals surface area (Å²) in [7, 11) is 1.64. The number of piperidine rings is 1. The molecule has 0 aromatic heterocycles. The van der Waals surface area contributed by atoms with Crippen molar-refractivity contribution in [1.82, 2.24) is 5.32 Å².